The number of aryl methyl sites for hydroxylation is 2. The van der Waals surface area contributed by atoms with Gasteiger partial charge in [-0.2, -0.15) is 5.26 Å². The molecule has 2 atom stereocenters. The molecule has 2 aromatic carbocycles. The van der Waals surface area contributed by atoms with Crippen LogP contribution in [0.4, 0.5) is 5.69 Å². The maximum atomic E-state index is 13.0. The summed E-state index contributed by atoms with van der Waals surface area (Å²) in [6.07, 6.45) is 0. The highest BCUT2D eigenvalue weighted by Gasteiger charge is 2.45. The second-order valence-corrected chi connectivity index (χ2v) is 8.65. The molecule has 0 unspecified atom stereocenters. The van der Waals surface area contributed by atoms with Crippen molar-refractivity contribution >= 4 is 35.2 Å². The second kappa shape index (κ2) is 10.9. The lowest BCUT2D eigenvalue weighted by atomic mass is 9.78. The molecule has 0 aliphatic carbocycles. The zero-order valence-corrected chi connectivity index (χ0v) is 20.1. The number of benzene rings is 2. The molecule has 8 nitrogen and oxygen atoms in total. The summed E-state index contributed by atoms with van der Waals surface area (Å²) < 4.78 is 10.3. The van der Waals surface area contributed by atoms with Crippen LogP contribution in [0, 0.1) is 31.1 Å². The lowest BCUT2D eigenvalue weighted by Gasteiger charge is -2.31. The number of amides is 2. The summed E-state index contributed by atoms with van der Waals surface area (Å²) in [5.41, 5.74) is 3.25. The molecule has 0 radical (unpaired) electrons. The van der Waals surface area contributed by atoms with E-state index in [-0.39, 0.29) is 22.3 Å². The largest absolute Gasteiger partial charge is 0.496 e. The Bertz CT molecular complexity index is 1180. The van der Waals surface area contributed by atoms with Gasteiger partial charge in [0.25, 0.3) is 0 Å². The Labute approximate surface area is 202 Å². The Morgan fingerprint density at radius 2 is 1.79 bits per heavy atom. The first-order valence-electron chi connectivity index (χ1n) is 10.5. The number of anilines is 1. The first-order valence-corrected chi connectivity index (χ1v) is 11.5. The number of nitrogens with zero attached hydrogens (tertiary/aromatic N) is 1. The molecule has 9 heteroatoms. The first kappa shape index (κ1) is 24.9. The van der Waals surface area contributed by atoms with E-state index in [2.05, 4.69) is 16.7 Å². The first-order chi connectivity index (χ1) is 16.3. The molecule has 2 amide bonds. The van der Waals surface area contributed by atoms with Crippen LogP contribution in [-0.4, -0.2) is 37.8 Å². The molecular formula is C25H25N3O5S. The normalized spacial score (nSPS) is 17.4. The minimum absolute atomic E-state index is 0.0455. The quantitative estimate of drug-likeness (QED) is 0.461. The highest BCUT2D eigenvalue weighted by Crippen LogP contribution is 2.43. The zero-order valence-electron chi connectivity index (χ0n) is 19.3. The monoisotopic (exact) mass is 479 g/mol. The predicted molar refractivity (Wildman–Crippen MR) is 129 cm³/mol. The summed E-state index contributed by atoms with van der Waals surface area (Å²) >= 11 is 1.03. The van der Waals surface area contributed by atoms with Gasteiger partial charge in [-0.3, -0.25) is 14.4 Å². The number of methoxy groups -OCH3 is 2. The van der Waals surface area contributed by atoms with Crippen molar-refractivity contribution < 1.29 is 23.9 Å². The van der Waals surface area contributed by atoms with Crippen molar-refractivity contribution in [1.82, 2.24) is 5.32 Å². The number of rotatable bonds is 7. The molecule has 0 bridgehead atoms. The van der Waals surface area contributed by atoms with Crippen molar-refractivity contribution in [3.63, 3.8) is 0 Å². The fourth-order valence-electron chi connectivity index (χ4n) is 3.90. The van der Waals surface area contributed by atoms with Crippen molar-refractivity contribution in [3.05, 3.63) is 69.8 Å². The molecule has 0 aromatic heterocycles. The van der Waals surface area contributed by atoms with Crippen LogP contribution in [0.3, 0.4) is 0 Å². The number of esters is 1. The van der Waals surface area contributed by atoms with Gasteiger partial charge in [0, 0.05) is 17.2 Å². The average molecular weight is 480 g/mol. The summed E-state index contributed by atoms with van der Waals surface area (Å²) in [5.74, 6) is -3.48. The van der Waals surface area contributed by atoms with Gasteiger partial charge in [0.2, 0.25) is 11.8 Å². The summed E-state index contributed by atoms with van der Waals surface area (Å²) in [4.78, 5) is 38.2. The van der Waals surface area contributed by atoms with E-state index >= 15 is 0 Å². The fraction of sp³-hybridized carbons (Fsp3) is 0.280. The van der Waals surface area contributed by atoms with Crippen molar-refractivity contribution in [1.29, 1.82) is 5.26 Å². The van der Waals surface area contributed by atoms with Crippen LogP contribution in [0.2, 0.25) is 0 Å². The number of para-hydroxylation sites is 2. The summed E-state index contributed by atoms with van der Waals surface area (Å²) in [6, 6.07) is 14.7. The van der Waals surface area contributed by atoms with Gasteiger partial charge in [-0.1, -0.05) is 48.2 Å². The summed E-state index contributed by atoms with van der Waals surface area (Å²) in [6.45, 7) is 3.80. The van der Waals surface area contributed by atoms with E-state index in [0.717, 1.165) is 28.6 Å². The van der Waals surface area contributed by atoms with Crippen LogP contribution in [0.25, 0.3) is 0 Å². The summed E-state index contributed by atoms with van der Waals surface area (Å²) in [7, 11) is 2.66. The number of hydrogen-bond donors (Lipinski definition) is 2. The third-order valence-corrected chi connectivity index (χ3v) is 6.57. The van der Waals surface area contributed by atoms with Crippen molar-refractivity contribution in [2.45, 2.75) is 19.8 Å². The fourth-order valence-corrected chi connectivity index (χ4v) is 4.75. The van der Waals surface area contributed by atoms with Gasteiger partial charge in [0.15, 0.2) is 0 Å². The maximum absolute atomic E-state index is 13.0. The van der Waals surface area contributed by atoms with Gasteiger partial charge in [-0.15, -0.1) is 0 Å². The number of nitriles is 1. The average Bonchev–Trinajstić information content (AvgIpc) is 2.84. The third kappa shape index (κ3) is 5.07. The van der Waals surface area contributed by atoms with Crippen LogP contribution in [0.15, 0.2) is 53.1 Å². The Hall–Kier alpha value is -3.77. The van der Waals surface area contributed by atoms with Crippen LogP contribution >= 0.6 is 11.8 Å². The zero-order chi connectivity index (χ0) is 24.8. The number of nitrogens with one attached hydrogen (secondary N) is 2. The molecule has 0 fully saturated rings. The number of carbonyl (C=O) groups excluding carboxylic acids is 3. The SMILES string of the molecule is COC(=O)[C@H]1C(=O)NC(SCC(=O)Nc2c(C)cccc2C)=C(C#N)[C@H]1c1ccccc1OC. The van der Waals surface area contributed by atoms with Crippen molar-refractivity contribution in [3.8, 4) is 11.8 Å². The Morgan fingerprint density at radius 3 is 2.41 bits per heavy atom. The number of thioether (sulfide) groups is 1. The molecule has 2 aromatic rings. The topological polar surface area (TPSA) is 118 Å². The Balaban J connectivity index is 1.95. The van der Waals surface area contributed by atoms with E-state index in [0.29, 0.717) is 11.3 Å². The highest BCUT2D eigenvalue weighted by molar-refractivity contribution is 8.03. The molecular weight excluding hydrogens is 454 g/mol. The Morgan fingerprint density at radius 1 is 1.12 bits per heavy atom. The molecule has 176 valence electrons. The highest BCUT2D eigenvalue weighted by atomic mass is 32.2. The van der Waals surface area contributed by atoms with E-state index in [9.17, 15) is 19.6 Å². The molecule has 1 aliphatic heterocycles. The standard InChI is InChI=1S/C25H25N3O5S/c1-14-8-7-9-15(2)22(14)27-19(29)13-34-24-17(12-26)20(16-10-5-6-11-18(16)32-3)21(23(30)28-24)25(31)33-4/h5-11,20-21H,13H2,1-4H3,(H,27,29)(H,28,30)/t20-,21-/m1/s1. The van der Waals surface area contributed by atoms with E-state index in [1.54, 1.807) is 24.3 Å². The molecule has 0 spiro atoms. The van der Waals surface area contributed by atoms with E-state index in [1.807, 2.05) is 32.0 Å². The molecule has 2 N–H and O–H groups in total. The van der Waals surface area contributed by atoms with Crippen LogP contribution in [0.1, 0.15) is 22.6 Å². The van der Waals surface area contributed by atoms with Crippen LogP contribution in [0.5, 0.6) is 5.75 Å². The summed E-state index contributed by atoms with van der Waals surface area (Å²) in [5, 5.41) is 15.8. The molecule has 1 heterocycles. The van der Waals surface area contributed by atoms with Crippen LogP contribution < -0.4 is 15.4 Å². The second-order valence-electron chi connectivity index (χ2n) is 7.67. The smallest absolute Gasteiger partial charge is 0.319 e. The predicted octanol–water partition coefficient (Wildman–Crippen LogP) is 3.42. The van der Waals surface area contributed by atoms with Gasteiger partial charge in [-0.05, 0) is 31.0 Å². The van der Waals surface area contributed by atoms with Crippen LogP contribution in [-0.2, 0) is 19.1 Å². The van der Waals surface area contributed by atoms with Gasteiger partial charge in [0.1, 0.15) is 11.7 Å². The van der Waals surface area contributed by atoms with E-state index in [1.165, 1.54) is 14.2 Å². The number of carbonyl (C=O) groups is 3. The van der Waals surface area contributed by atoms with Gasteiger partial charge in [-0.25, -0.2) is 0 Å². The number of hydrogen-bond acceptors (Lipinski definition) is 7. The molecule has 3 rings (SSSR count). The van der Waals surface area contributed by atoms with Gasteiger partial charge < -0.3 is 20.1 Å². The van der Waals surface area contributed by atoms with E-state index < -0.39 is 23.7 Å². The van der Waals surface area contributed by atoms with Gasteiger partial charge >= 0.3 is 5.97 Å². The minimum Gasteiger partial charge on any atom is -0.496 e. The minimum atomic E-state index is -1.27. The van der Waals surface area contributed by atoms with Gasteiger partial charge in [0.05, 0.1) is 36.6 Å². The lowest BCUT2D eigenvalue weighted by molar-refractivity contribution is -0.150. The van der Waals surface area contributed by atoms with Crippen molar-refractivity contribution in [2.24, 2.45) is 5.92 Å². The molecule has 0 saturated carbocycles. The maximum Gasteiger partial charge on any atom is 0.319 e. The van der Waals surface area contributed by atoms with Crippen molar-refractivity contribution in [2.75, 3.05) is 25.3 Å². The number of allylic oxidation sites excluding steroid dienone is 1. The lowest BCUT2D eigenvalue weighted by Crippen LogP contribution is -2.44. The molecule has 1 aliphatic rings. The molecule has 34 heavy (non-hydrogen) atoms. The Kier molecular flexibility index (Phi) is 7.97. The molecule has 0 saturated heterocycles. The number of ether oxygens (including phenoxy) is 2. The van der Waals surface area contributed by atoms with E-state index in [4.69, 9.17) is 9.47 Å². The third-order valence-electron chi connectivity index (χ3n) is 5.55.